The van der Waals surface area contributed by atoms with Gasteiger partial charge in [-0.25, -0.2) is 0 Å². The summed E-state index contributed by atoms with van der Waals surface area (Å²) in [5.74, 6) is 0.737. The van der Waals surface area contributed by atoms with Crippen LogP contribution in [0.15, 0.2) is 16.3 Å². The number of amides is 1. The SMILES string of the molecule is CCC(NC(=O)c1cc(S)cs1)C1CCCCC1. The molecule has 2 rings (SSSR count). The van der Waals surface area contributed by atoms with Gasteiger partial charge in [-0.1, -0.05) is 26.2 Å². The first-order valence-corrected chi connectivity index (χ1v) is 8.11. The van der Waals surface area contributed by atoms with Crippen LogP contribution in [-0.2, 0) is 0 Å². The van der Waals surface area contributed by atoms with Crippen LogP contribution in [0.2, 0.25) is 0 Å². The summed E-state index contributed by atoms with van der Waals surface area (Å²) in [6.07, 6.45) is 7.54. The van der Waals surface area contributed by atoms with E-state index in [4.69, 9.17) is 0 Å². The van der Waals surface area contributed by atoms with E-state index in [0.29, 0.717) is 12.0 Å². The molecule has 0 aromatic carbocycles. The molecule has 18 heavy (non-hydrogen) atoms. The average Bonchev–Trinajstić information content (AvgIpc) is 2.83. The van der Waals surface area contributed by atoms with E-state index >= 15 is 0 Å². The minimum Gasteiger partial charge on any atom is -0.348 e. The smallest absolute Gasteiger partial charge is 0.261 e. The molecule has 4 heteroatoms. The second-order valence-corrected chi connectivity index (χ2v) is 6.48. The number of hydrogen-bond acceptors (Lipinski definition) is 3. The lowest BCUT2D eigenvalue weighted by atomic mass is 9.83. The van der Waals surface area contributed by atoms with Crippen LogP contribution in [0.4, 0.5) is 0 Å². The molecule has 1 atom stereocenters. The molecule has 1 amide bonds. The minimum absolute atomic E-state index is 0.0673. The molecule has 1 fully saturated rings. The molecule has 1 aliphatic rings. The lowest BCUT2D eigenvalue weighted by molar-refractivity contribution is 0.0915. The van der Waals surface area contributed by atoms with Crippen molar-refractivity contribution in [3.8, 4) is 0 Å². The van der Waals surface area contributed by atoms with E-state index in [0.717, 1.165) is 16.2 Å². The third-order valence-electron chi connectivity index (χ3n) is 3.78. The monoisotopic (exact) mass is 283 g/mol. The van der Waals surface area contributed by atoms with Gasteiger partial charge in [0.15, 0.2) is 0 Å². The fourth-order valence-electron chi connectivity index (χ4n) is 2.77. The highest BCUT2D eigenvalue weighted by Crippen LogP contribution is 2.28. The molecule has 1 aliphatic carbocycles. The van der Waals surface area contributed by atoms with Gasteiger partial charge in [0.2, 0.25) is 0 Å². The van der Waals surface area contributed by atoms with Crippen molar-refractivity contribution < 1.29 is 4.79 Å². The summed E-state index contributed by atoms with van der Waals surface area (Å²) in [5.41, 5.74) is 0. The first-order chi connectivity index (χ1) is 8.70. The molecule has 0 bridgehead atoms. The molecule has 1 N–H and O–H groups in total. The largest absolute Gasteiger partial charge is 0.348 e. The summed E-state index contributed by atoms with van der Waals surface area (Å²) in [6, 6.07) is 2.18. The van der Waals surface area contributed by atoms with Crippen LogP contribution in [0.1, 0.15) is 55.1 Å². The Labute approximate surface area is 119 Å². The second kappa shape index (κ2) is 6.62. The van der Waals surface area contributed by atoms with Gasteiger partial charge in [-0.3, -0.25) is 4.79 Å². The maximum atomic E-state index is 12.1. The van der Waals surface area contributed by atoms with Gasteiger partial charge in [-0.2, -0.15) is 0 Å². The molecule has 0 saturated heterocycles. The zero-order chi connectivity index (χ0) is 13.0. The topological polar surface area (TPSA) is 29.1 Å². The van der Waals surface area contributed by atoms with Crippen LogP contribution >= 0.6 is 24.0 Å². The lowest BCUT2D eigenvalue weighted by Gasteiger charge is -2.30. The summed E-state index contributed by atoms with van der Waals surface area (Å²) >= 11 is 5.71. The Kier molecular flexibility index (Phi) is 5.13. The second-order valence-electron chi connectivity index (χ2n) is 5.06. The van der Waals surface area contributed by atoms with Crippen molar-refractivity contribution in [2.75, 3.05) is 0 Å². The predicted molar refractivity (Wildman–Crippen MR) is 79.7 cm³/mol. The van der Waals surface area contributed by atoms with E-state index in [-0.39, 0.29) is 5.91 Å². The van der Waals surface area contributed by atoms with Crippen molar-refractivity contribution >= 4 is 29.9 Å². The highest BCUT2D eigenvalue weighted by molar-refractivity contribution is 7.80. The molecule has 100 valence electrons. The van der Waals surface area contributed by atoms with E-state index in [1.54, 1.807) is 0 Å². The normalized spacial score (nSPS) is 18.6. The Morgan fingerprint density at radius 1 is 1.50 bits per heavy atom. The summed E-state index contributed by atoms with van der Waals surface area (Å²) in [5, 5.41) is 5.11. The van der Waals surface area contributed by atoms with Gasteiger partial charge in [0.05, 0.1) is 4.88 Å². The first-order valence-electron chi connectivity index (χ1n) is 6.79. The van der Waals surface area contributed by atoms with E-state index < -0.39 is 0 Å². The van der Waals surface area contributed by atoms with Gasteiger partial charge in [-0.15, -0.1) is 24.0 Å². The third kappa shape index (κ3) is 3.51. The maximum Gasteiger partial charge on any atom is 0.261 e. The molecule has 1 unspecified atom stereocenters. The lowest BCUT2D eigenvalue weighted by Crippen LogP contribution is -2.40. The van der Waals surface area contributed by atoms with Crippen LogP contribution in [0.25, 0.3) is 0 Å². The number of thiol groups is 1. The van der Waals surface area contributed by atoms with Crippen LogP contribution < -0.4 is 5.32 Å². The van der Waals surface area contributed by atoms with Gasteiger partial charge in [0, 0.05) is 16.3 Å². The third-order valence-corrected chi connectivity index (χ3v) is 5.15. The zero-order valence-electron chi connectivity index (χ0n) is 10.8. The van der Waals surface area contributed by atoms with Crippen molar-refractivity contribution in [1.82, 2.24) is 5.32 Å². The standard InChI is InChI=1S/C14H21NOS2/c1-2-12(10-6-4-3-5-7-10)15-14(16)13-8-11(17)9-18-13/h8-10,12,17H,2-7H2,1H3,(H,15,16). The Morgan fingerprint density at radius 2 is 2.22 bits per heavy atom. The fourth-order valence-corrected chi connectivity index (χ4v) is 3.83. The van der Waals surface area contributed by atoms with Crippen molar-refractivity contribution in [2.24, 2.45) is 5.92 Å². The number of thiophene rings is 1. The summed E-state index contributed by atoms with van der Waals surface area (Å²) in [6.45, 7) is 2.16. The van der Waals surface area contributed by atoms with Crippen LogP contribution in [0.5, 0.6) is 0 Å². The van der Waals surface area contributed by atoms with Crippen molar-refractivity contribution in [2.45, 2.75) is 56.4 Å². The van der Waals surface area contributed by atoms with E-state index in [1.807, 2.05) is 11.4 Å². The molecule has 1 aromatic heterocycles. The summed E-state index contributed by atoms with van der Waals surface area (Å²) in [7, 11) is 0. The highest BCUT2D eigenvalue weighted by atomic mass is 32.1. The number of nitrogens with one attached hydrogen (secondary N) is 1. The van der Waals surface area contributed by atoms with Gasteiger partial charge in [0.25, 0.3) is 5.91 Å². The number of carbonyl (C=O) groups is 1. The molecule has 1 saturated carbocycles. The Hall–Kier alpha value is -0.480. The fraction of sp³-hybridized carbons (Fsp3) is 0.643. The number of carbonyl (C=O) groups excluding carboxylic acids is 1. The van der Waals surface area contributed by atoms with Gasteiger partial charge >= 0.3 is 0 Å². The van der Waals surface area contributed by atoms with Gasteiger partial charge in [0.1, 0.15) is 0 Å². The van der Waals surface area contributed by atoms with E-state index in [9.17, 15) is 4.79 Å². The van der Waals surface area contributed by atoms with Gasteiger partial charge in [-0.05, 0) is 31.2 Å². The molecule has 1 heterocycles. The Balaban J connectivity index is 1.95. The molecular formula is C14H21NOS2. The van der Waals surface area contributed by atoms with Crippen molar-refractivity contribution in [3.63, 3.8) is 0 Å². The molecule has 0 aliphatic heterocycles. The average molecular weight is 283 g/mol. The van der Waals surface area contributed by atoms with Crippen LogP contribution in [0.3, 0.4) is 0 Å². The molecule has 2 nitrogen and oxygen atoms in total. The quantitative estimate of drug-likeness (QED) is 0.799. The van der Waals surface area contributed by atoms with E-state index in [2.05, 4.69) is 24.9 Å². The maximum absolute atomic E-state index is 12.1. The van der Waals surface area contributed by atoms with Crippen LogP contribution in [0, 0.1) is 5.92 Å². The van der Waals surface area contributed by atoms with Crippen LogP contribution in [-0.4, -0.2) is 11.9 Å². The number of hydrogen-bond donors (Lipinski definition) is 2. The molecule has 0 spiro atoms. The summed E-state index contributed by atoms with van der Waals surface area (Å²) < 4.78 is 0. The Bertz CT molecular complexity index is 396. The highest BCUT2D eigenvalue weighted by Gasteiger charge is 2.24. The van der Waals surface area contributed by atoms with Crippen molar-refractivity contribution in [1.29, 1.82) is 0 Å². The molecular weight excluding hydrogens is 262 g/mol. The van der Waals surface area contributed by atoms with Gasteiger partial charge < -0.3 is 5.32 Å². The van der Waals surface area contributed by atoms with E-state index in [1.165, 1.54) is 43.4 Å². The number of rotatable bonds is 4. The van der Waals surface area contributed by atoms with Crippen molar-refractivity contribution in [3.05, 3.63) is 16.3 Å². The Morgan fingerprint density at radius 3 is 2.78 bits per heavy atom. The molecule has 1 aromatic rings. The predicted octanol–water partition coefficient (Wildman–Crippen LogP) is 4.13. The first kappa shape index (κ1) is 13.9. The zero-order valence-corrected chi connectivity index (χ0v) is 12.5. The summed E-state index contributed by atoms with van der Waals surface area (Å²) in [4.78, 5) is 13.8. The minimum atomic E-state index is 0.0673. The molecule has 0 radical (unpaired) electrons.